The number of rotatable bonds is 12. The number of aryl methyl sites for hydroxylation is 1. The molecule has 11 heteroatoms. The van der Waals surface area contributed by atoms with Crippen molar-refractivity contribution in [2.75, 3.05) is 40.2 Å². The summed E-state index contributed by atoms with van der Waals surface area (Å²) in [5, 5.41) is 0. The molecule has 1 N–H and O–H groups in total. The van der Waals surface area contributed by atoms with Crippen LogP contribution >= 0.6 is 0 Å². The monoisotopic (exact) mass is 474 g/mol. The summed E-state index contributed by atoms with van der Waals surface area (Å²) in [5.41, 5.74) is -0.898. The molecule has 0 aromatic carbocycles. The van der Waals surface area contributed by atoms with Crippen LogP contribution in [0, 0.1) is 6.92 Å². The Morgan fingerprint density at radius 3 is 2.45 bits per heavy atom. The molecule has 10 nitrogen and oxygen atoms in total. The molecular formula is C22H35FN2O8. The van der Waals surface area contributed by atoms with Gasteiger partial charge in [-0.15, -0.1) is 0 Å². The van der Waals surface area contributed by atoms with Gasteiger partial charge in [-0.1, -0.05) is 0 Å². The number of ether oxygens (including phenoxy) is 6. The van der Waals surface area contributed by atoms with Crippen molar-refractivity contribution >= 4 is 0 Å². The summed E-state index contributed by atoms with van der Waals surface area (Å²) >= 11 is 0. The third-order valence-electron chi connectivity index (χ3n) is 5.77. The number of nitrogens with one attached hydrogen (secondary N) is 1. The van der Waals surface area contributed by atoms with Gasteiger partial charge < -0.3 is 28.4 Å². The fraction of sp³-hybridized carbons (Fsp3) is 0.818. The normalized spacial score (nSPS) is 24.3. The number of methoxy groups -OCH3 is 1. The third-order valence-corrected chi connectivity index (χ3v) is 5.77. The largest absolute Gasteiger partial charge is 0.376 e. The van der Waals surface area contributed by atoms with Crippen molar-refractivity contribution in [3.05, 3.63) is 32.6 Å². The molecule has 0 aliphatic carbocycles. The van der Waals surface area contributed by atoms with Crippen molar-refractivity contribution in [3.8, 4) is 0 Å². The van der Waals surface area contributed by atoms with Crippen LogP contribution in [0.25, 0.3) is 0 Å². The lowest BCUT2D eigenvalue weighted by Gasteiger charge is -2.37. The molecule has 188 valence electrons. The van der Waals surface area contributed by atoms with Crippen molar-refractivity contribution in [3.63, 3.8) is 0 Å². The molecule has 4 unspecified atom stereocenters. The van der Waals surface area contributed by atoms with E-state index in [1.165, 1.54) is 17.9 Å². The van der Waals surface area contributed by atoms with Gasteiger partial charge in [0.15, 0.2) is 18.8 Å². The van der Waals surface area contributed by atoms with Crippen LogP contribution in [-0.2, 0) is 28.4 Å². The fourth-order valence-corrected chi connectivity index (χ4v) is 3.95. The Balaban J connectivity index is 1.89. The van der Waals surface area contributed by atoms with Gasteiger partial charge in [-0.05, 0) is 45.4 Å². The van der Waals surface area contributed by atoms with Crippen LogP contribution in [-0.4, -0.2) is 74.6 Å². The molecule has 2 saturated heterocycles. The van der Waals surface area contributed by atoms with E-state index in [9.17, 15) is 14.0 Å². The van der Waals surface area contributed by atoms with E-state index in [2.05, 4.69) is 4.98 Å². The Labute approximate surface area is 192 Å². The maximum absolute atomic E-state index is 13.1. The molecule has 0 saturated carbocycles. The fourth-order valence-electron chi connectivity index (χ4n) is 3.95. The topological polar surface area (TPSA) is 110 Å². The van der Waals surface area contributed by atoms with Crippen LogP contribution in [0.15, 0.2) is 15.8 Å². The lowest BCUT2D eigenvalue weighted by atomic mass is 10.1. The van der Waals surface area contributed by atoms with E-state index in [-0.39, 0.29) is 19.5 Å². The molecule has 0 amide bonds. The van der Waals surface area contributed by atoms with Crippen LogP contribution in [0.3, 0.4) is 0 Å². The first kappa shape index (κ1) is 26.0. The molecule has 2 aliphatic rings. The molecular weight excluding hydrogens is 439 g/mol. The van der Waals surface area contributed by atoms with Gasteiger partial charge in [-0.2, -0.15) is 0 Å². The zero-order chi connectivity index (χ0) is 23.6. The molecule has 5 atom stereocenters. The van der Waals surface area contributed by atoms with Crippen molar-refractivity contribution in [1.82, 2.24) is 9.55 Å². The smallest absolute Gasteiger partial charge is 0.330 e. The summed E-state index contributed by atoms with van der Waals surface area (Å²) in [6.07, 6.45) is 3.10. The summed E-state index contributed by atoms with van der Waals surface area (Å²) in [6.45, 7) is 1.82. The minimum absolute atomic E-state index is 0.102. The number of hydrogen-bond acceptors (Lipinski definition) is 8. The SMILES string of the molecule is CO[C@H](COC1CCCCO1)C(OC1CCCCO1)C(OCCF)n1cc(C)c(=O)[nH]c1=O. The van der Waals surface area contributed by atoms with Gasteiger partial charge in [0.2, 0.25) is 0 Å². The molecule has 33 heavy (non-hydrogen) atoms. The van der Waals surface area contributed by atoms with Crippen LogP contribution in [0.4, 0.5) is 4.39 Å². The number of nitrogens with zero attached hydrogens (tertiary/aromatic N) is 1. The van der Waals surface area contributed by atoms with Gasteiger partial charge in [0, 0.05) is 32.1 Å². The predicted octanol–water partition coefficient (Wildman–Crippen LogP) is 1.80. The van der Waals surface area contributed by atoms with Crippen LogP contribution in [0.1, 0.15) is 50.3 Å². The molecule has 2 aliphatic heterocycles. The second kappa shape index (κ2) is 13.3. The Morgan fingerprint density at radius 2 is 1.85 bits per heavy atom. The average molecular weight is 475 g/mol. The standard InChI is InChI=1S/C22H35FN2O8/c1-15-13-25(22(27)24-20(15)26)21(31-12-9-23)19(33-18-8-4-6-11-30-18)16(28-2)14-32-17-7-3-5-10-29-17/h13,16-19,21H,3-12,14H2,1-2H3,(H,24,26,27)/t16-,17?,18?,19?,21?/m1/s1. The van der Waals surface area contributed by atoms with Gasteiger partial charge in [0.1, 0.15) is 18.9 Å². The van der Waals surface area contributed by atoms with Crippen LogP contribution in [0.2, 0.25) is 0 Å². The van der Waals surface area contributed by atoms with Crippen LogP contribution in [0.5, 0.6) is 0 Å². The molecule has 0 spiro atoms. The minimum atomic E-state index is -1.09. The Hall–Kier alpha value is -1.63. The average Bonchev–Trinajstić information content (AvgIpc) is 2.83. The Morgan fingerprint density at radius 1 is 1.15 bits per heavy atom. The molecule has 0 radical (unpaired) electrons. The predicted molar refractivity (Wildman–Crippen MR) is 116 cm³/mol. The maximum atomic E-state index is 13.1. The minimum Gasteiger partial charge on any atom is -0.376 e. The van der Waals surface area contributed by atoms with Gasteiger partial charge in [0.05, 0.1) is 13.2 Å². The summed E-state index contributed by atoms with van der Waals surface area (Å²) in [5.74, 6) is 0. The van der Waals surface area contributed by atoms with E-state index >= 15 is 0 Å². The van der Waals surface area contributed by atoms with Gasteiger partial charge >= 0.3 is 5.69 Å². The van der Waals surface area contributed by atoms with E-state index < -0.39 is 42.6 Å². The Bertz CT molecular complexity index is 819. The van der Waals surface area contributed by atoms with Crippen molar-refractivity contribution in [2.45, 2.75) is 76.5 Å². The van der Waals surface area contributed by atoms with Gasteiger partial charge in [0.25, 0.3) is 5.56 Å². The summed E-state index contributed by atoms with van der Waals surface area (Å²) in [4.78, 5) is 26.8. The van der Waals surface area contributed by atoms with E-state index in [1.807, 2.05) is 0 Å². The van der Waals surface area contributed by atoms with E-state index in [1.54, 1.807) is 6.92 Å². The highest BCUT2D eigenvalue weighted by Crippen LogP contribution is 2.26. The lowest BCUT2D eigenvalue weighted by molar-refractivity contribution is -0.262. The number of halogens is 1. The first-order chi connectivity index (χ1) is 16.0. The second-order valence-electron chi connectivity index (χ2n) is 8.23. The van der Waals surface area contributed by atoms with Crippen LogP contribution < -0.4 is 11.2 Å². The first-order valence-corrected chi connectivity index (χ1v) is 11.6. The number of alkyl halides is 1. The van der Waals surface area contributed by atoms with Gasteiger partial charge in [-0.25, -0.2) is 9.18 Å². The van der Waals surface area contributed by atoms with Crippen molar-refractivity contribution < 1.29 is 32.8 Å². The maximum Gasteiger partial charge on any atom is 0.330 e. The van der Waals surface area contributed by atoms with E-state index in [0.717, 1.165) is 32.1 Å². The van der Waals surface area contributed by atoms with E-state index in [4.69, 9.17) is 28.4 Å². The second-order valence-corrected chi connectivity index (χ2v) is 8.23. The summed E-state index contributed by atoms with van der Waals surface area (Å²) in [6, 6.07) is 0. The highest BCUT2D eigenvalue weighted by Gasteiger charge is 2.37. The molecule has 2 fully saturated rings. The van der Waals surface area contributed by atoms with Gasteiger partial charge in [-0.3, -0.25) is 14.3 Å². The summed E-state index contributed by atoms with van der Waals surface area (Å²) in [7, 11) is 1.50. The van der Waals surface area contributed by atoms with Crippen molar-refractivity contribution in [1.29, 1.82) is 0 Å². The molecule has 3 rings (SSSR count). The lowest BCUT2D eigenvalue weighted by Crippen LogP contribution is -2.49. The zero-order valence-corrected chi connectivity index (χ0v) is 19.3. The quantitative estimate of drug-likeness (QED) is 0.488. The zero-order valence-electron chi connectivity index (χ0n) is 19.3. The molecule has 1 aromatic rings. The molecule has 1 aromatic heterocycles. The van der Waals surface area contributed by atoms with Crippen molar-refractivity contribution in [2.24, 2.45) is 0 Å². The first-order valence-electron chi connectivity index (χ1n) is 11.6. The highest BCUT2D eigenvalue weighted by atomic mass is 19.1. The Kier molecular flexibility index (Phi) is 10.5. The summed E-state index contributed by atoms with van der Waals surface area (Å²) < 4.78 is 49.3. The molecule has 0 bridgehead atoms. The third kappa shape index (κ3) is 7.43. The van der Waals surface area contributed by atoms with E-state index in [0.29, 0.717) is 25.2 Å². The number of aromatic nitrogens is 2. The number of aromatic amines is 1. The number of H-pyrrole nitrogens is 1. The number of hydrogen-bond donors (Lipinski definition) is 1. The molecule has 3 heterocycles. The highest BCUT2D eigenvalue weighted by molar-refractivity contribution is 5.02.